The third kappa shape index (κ3) is 3.89. The number of imide groups is 1. The minimum Gasteiger partial charge on any atom is -0.497 e. The lowest BCUT2D eigenvalue weighted by Gasteiger charge is -2.10. The second-order valence-electron chi connectivity index (χ2n) is 5.63. The fourth-order valence-corrected chi connectivity index (χ4v) is 3.37. The summed E-state index contributed by atoms with van der Waals surface area (Å²) in [4.78, 5) is 37.7. The van der Waals surface area contributed by atoms with Crippen molar-refractivity contribution in [1.82, 2.24) is 4.90 Å². The maximum absolute atomic E-state index is 12.7. The number of esters is 1. The Morgan fingerprint density at radius 1 is 1.14 bits per heavy atom. The van der Waals surface area contributed by atoms with Gasteiger partial charge in [-0.3, -0.25) is 14.5 Å². The zero-order valence-corrected chi connectivity index (χ0v) is 16.2. The number of methoxy groups -OCH3 is 3. The molecule has 0 aliphatic carbocycles. The van der Waals surface area contributed by atoms with Gasteiger partial charge in [0.1, 0.15) is 17.3 Å². The molecule has 9 heteroatoms. The molecule has 2 aromatic rings. The molecule has 1 aliphatic rings. The number of nitrogens with zero attached hydrogens (tertiary/aromatic N) is 1. The number of furan rings is 1. The summed E-state index contributed by atoms with van der Waals surface area (Å²) in [7, 11) is 4.28. The molecule has 0 bridgehead atoms. The molecule has 28 heavy (non-hydrogen) atoms. The average Bonchev–Trinajstić information content (AvgIpc) is 3.28. The normalized spacial score (nSPS) is 15.2. The Morgan fingerprint density at radius 2 is 1.93 bits per heavy atom. The predicted molar refractivity (Wildman–Crippen MR) is 101 cm³/mol. The van der Waals surface area contributed by atoms with E-state index in [4.69, 9.17) is 13.9 Å². The highest BCUT2D eigenvalue weighted by atomic mass is 32.2. The molecule has 1 saturated heterocycles. The maximum Gasteiger partial charge on any atom is 0.373 e. The van der Waals surface area contributed by atoms with Crippen LogP contribution in [0.4, 0.5) is 4.79 Å². The van der Waals surface area contributed by atoms with E-state index in [0.717, 1.165) is 16.7 Å². The fourth-order valence-electron chi connectivity index (χ4n) is 2.54. The van der Waals surface area contributed by atoms with Crippen LogP contribution in [0.1, 0.15) is 21.9 Å². The molecule has 0 spiro atoms. The van der Waals surface area contributed by atoms with E-state index in [9.17, 15) is 14.4 Å². The summed E-state index contributed by atoms with van der Waals surface area (Å²) in [6.45, 7) is -0.0846. The molecule has 1 fully saturated rings. The number of hydrogen-bond acceptors (Lipinski definition) is 8. The van der Waals surface area contributed by atoms with E-state index in [1.807, 2.05) is 0 Å². The largest absolute Gasteiger partial charge is 0.497 e. The Bertz CT molecular complexity index is 963. The highest BCUT2D eigenvalue weighted by Gasteiger charge is 2.36. The molecule has 0 radical (unpaired) electrons. The van der Waals surface area contributed by atoms with Gasteiger partial charge in [-0.15, -0.1) is 0 Å². The lowest BCUT2D eigenvalue weighted by atomic mass is 10.1. The molecule has 1 aromatic carbocycles. The second kappa shape index (κ2) is 8.22. The molecule has 0 unspecified atom stereocenters. The van der Waals surface area contributed by atoms with Crippen molar-refractivity contribution in [2.24, 2.45) is 0 Å². The predicted octanol–water partition coefficient (Wildman–Crippen LogP) is 3.32. The van der Waals surface area contributed by atoms with Crippen LogP contribution >= 0.6 is 11.8 Å². The highest BCUT2D eigenvalue weighted by molar-refractivity contribution is 8.18. The van der Waals surface area contributed by atoms with Crippen molar-refractivity contribution >= 4 is 35.0 Å². The third-order valence-electron chi connectivity index (χ3n) is 3.96. The molecule has 0 N–H and O–H groups in total. The summed E-state index contributed by atoms with van der Waals surface area (Å²) in [5.41, 5.74) is 0.639. The van der Waals surface area contributed by atoms with Gasteiger partial charge in [0.05, 0.1) is 32.8 Å². The molecule has 0 saturated carbocycles. The number of carbonyl (C=O) groups excluding carboxylic acids is 3. The second-order valence-corrected chi connectivity index (χ2v) is 6.63. The van der Waals surface area contributed by atoms with E-state index >= 15 is 0 Å². The van der Waals surface area contributed by atoms with Crippen LogP contribution in [0.2, 0.25) is 0 Å². The summed E-state index contributed by atoms with van der Waals surface area (Å²) < 4.78 is 20.4. The molecule has 3 rings (SSSR count). The summed E-state index contributed by atoms with van der Waals surface area (Å²) in [6, 6.07) is 8.11. The first-order chi connectivity index (χ1) is 13.5. The van der Waals surface area contributed by atoms with Crippen LogP contribution in [0.15, 0.2) is 39.7 Å². The Hall–Kier alpha value is -3.20. The summed E-state index contributed by atoms with van der Waals surface area (Å²) in [5.74, 6) is 0.339. The van der Waals surface area contributed by atoms with Crippen molar-refractivity contribution in [1.29, 1.82) is 0 Å². The molecule has 2 heterocycles. The topological polar surface area (TPSA) is 95.3 Å². The van der Waals surface area contributed by atoms with Crippen molar-refractivity contribution < 1.29 is 33.0 Å². The smallest absolute Gasteiger partial charge is 0.373 e. The van der Waals surface area contributed by atoms with E-state index in [1.54, 1.807) is 31.4 Å². The van der Waals surface area contributed by atoms with E-state index in [-0.39, 0.29) is 17.2 Å². The first kappa shape index (κ1) is 19.6. The molecule has 146 valence electrons. The van der Waals surface area contributed by atoms with Crippen LogP contribution < -0.4 is 9.47 Å². The van der Waals surface area contributed by atoms with Gasteiger partial charge < -0.3 is 18.6 Å². The molecular formula is C19H17NO7S. The monoisotopic (exact) mass is 403 g/mol. The van der Waals surface area contributed by atoms with Gasteiger partial charge in [-0.25, -0.2) is 4.79 Å². The van der Waals surface area contributed by atoms with Gasteiger partial charge in [0.15, 0.2) is 0 Å². The van der Waals surface area contributed by atoms with Crippen LogP contribution in [0.5, 0.6) is 11.5 Å². The summed E-state index contributed by atoms with van der Waals surface area (Å²) in [5, 5.41) is -0.431. The quantitative estimate of drug-likeness (QED) is 0.535. The molecule has 8 nitrogen and oxygen atoms in total. The summed E-state index contributed by atoms with van der Waals surface area (Å²) >= 11 is 0.821. The number of benzene rings is 1. The van der Waals surface area contributed by atoms with Gasteiger partial charge in [0, 0.05) is 11.6 Å². The van der Waals surface area contributed by atoms with E-state index < -0.39 is 17.1 Å². The van der Waals surface area contributed by atoms with E-state index in [2.05, 4.69) is 4.74 Å². The highest BCUT2D eigenvalue weighted by Crippen LogP contribution is 2.35. The van der Waals surface area contributed by atoms with Crippen LogP contribution in [0.3, 0.4) is 0 Å². The number of rotatable bonds is 6. The van der Waals surface area contributed by atoms with Crippen LogP contribution in [-0.2, 0) is 16.1 Å². The molecule has 0 atom stereocenters. The average molecular weight is 403 g/mol. The molecule has 1 aliphatic heterocycles. The van der Waals surface area contributed by atoms with Crippen LogP contribution in [-0.4, -0.2) is 43.3 Å². The first-order valence-corrected chi connectivity index (χ1v) is 8.93. The lowest BCUT2D eigenvalue weighted by molar-refractivity contribution is -0.123. The van der Waals surface area contributed by atoms with Gasteiger partial charge in [-0.2, -0.15) is 0 Å². The molecule has 2 amide bonds. The Labute approximate surface area is 165 Å². The van der Waals surface area contributed by atoms with Gasteiger partial charge in [-0.05, 0) is 42.1 Å². The zero-order valence-electron chi connectivity index (χ0n) is 15.4. The van der Waals surface area contributed by atoms with Gasteiger partial charge in [0.25, 0.3) is 11.1 Å². The molecular weight excluding hydrogens is 386 g/mol. The van der Waals surface area contributed by atoms with Crippen molar-refractivity contribution in [3.63, 3.8) is 0 Å². The number of ether oxygens (including phenoxy) is 3. The first-order valence-electron chi connectivity index (χ1n) is 8.11. The SMILES string of the molecule is COC(=O)c1ccc(CN2C(=O)SC(=Cc3ccc(OC)cc3OC)C2=O)o1. The van der Waals surface area contributed by atoms with Crippen molar-refractivity contribution in [3.05, 3.63) is 52.3 Å². The number of amides is 2. The fraction of sp³-hybridized carbons (Fsp3) is 0.211. The number of carbonyl (C=O) groups is 3. The summed E-state index contributed by atoms with van der Waals surface area (Å²) in [6.07, 6.45) is 1.59. The van der Waals surface area contributed by atoms with Gasteiger partial charge in [0.2, 0.25) is 5.76 Å². The van der Waals surface area contributed by atoms with Crippen molar-refractivity contribution in [3.8, 4) is 11.5 Å². The van der Waals surface area contributed by atoms with E-state index in [1.165, 1.54) is 26.4 Å². The standard InChI is InChI=1S/C19H17NO7S/c1-24-12-5-4-11(15(9-12)25-2)8-16-17(21)20(19(23)28-16)10-13-6-7-14(27-13)18(22)26-3/h4-9H,10H2,1-3H3. The minimum absolute atomic E-state index is 0.00276. The van der Waals surface area contributed by atoms with Crippen molar-refractivity contribution in [2.45, 2.75) is 6.54 Å². The van der Waals surface area contributed by atoms with Crippen LogP contribution in [0.25, 0.3) is 6.08 Å². The van der Waals surface area contributed by atoms with Crippen molar-refractivity contribution in [2.75, 3.05) is 21.3 Å². The maximum atomic E-state index is 12.7. The lowest BCUT2D eigenvalue weighted by Crippen LogP contribution is -2.27. The van der Waals surface area contributed by atoms with Gasteiger partial charge >= 0.3 is 5.97 Å². The molecule has 1 aromatic heterocycles. The number of thioether (sulfide) groups is 1. The Kier molecular flexibility index (Phi) is 5.74. The van der Waals surface area contributed by atoms with Crippen LogP contribution in [0, 0.1) is 0 Å². The minimum atomic E-state index is -0.633. The Balaban J connectivity index is 1.81. The number of hydrogen-bond donors (Lipinski definition) is 0. The zero-order chi connectivity index (χ0) is 20.3. The third-order valence-corrected chi connectivity index (χ3v) is 4.87. The van der Waals surface area contributed by atoms with E-state index in [0.29, 0.717) is 22.8 Å². The Morgan fingerprint density at radius 3 is 2.61 bits per heavy atom. The van der Waals surface area contributed by atoms with Gasteiger partial charge in [-0.1, -0.05) is 0 Å².